The first-order chi connectivity index (χ1) is 7.58. The van der Waals surface area contributed by atoms with Crippen molar-refractivity contribution in [1.29, 1.82) is 0 Å². The standard InChI is InChI=1S/C11H7BrF2O2/c12-10-4-3-9(16-10)11(15)7-5-6(13)1-2-8(7)14/h1-5,11,15H. The highest BCUT2D eigenvalue weighted by Gasteiger charge is 2.18. The molecule has 1 aromatic heterocycles. The van der Waals surface area contributed by atoms with Crippen molar-refractivity contribution in [1.82, 2.24) is 0 Å². The van der Waals surface area contributed by atoms with Crippen molar-refractivity contribution in [2.45, 2.75) is 6.10 Å². The Morgan fingerprint density at radius 1 is 1.19 bits per heavy atom. The van der Waals surface area contributed by atoms with Crippen LogP contribution in [0.5, 0.6) is 0 Å². The Labute approximate surface area is 98.6 Å². The largest absolute Gasteiger partial charge is 0.451 e. The molecule has 16 heavy (non-hydrogen) atoms. The molecule has 1 aromatic carbocycles. The van der Waals surface area contributed by atoms with Crippen molar-refractivity contribution < 1.29 is 18.3 Å². The van der Waals surface area contributed by atoms with Crippen molar-refractivity contribution >= 4 is 15.9 Å². The first-order valence-corrected chi connectivity index (χ1v) is 5.25. The molecule has 84 valence electrons. The van der Waals surface area contributed by atoms with Crippen LogP contribution in [0.3, 0.4) is 0 Å². The molecule has 2 nitrogen and oxygen atoms in total. The lowest BCUT2D eigenvalue weighted by Crippen LogP contribution is -2.02. The first-order valence-electron chi connectivity index (χ1n) is 4.46. The van der Waals surface area contributed by atoms with E-state index in [4.69, 9.17) is 4.42 Å². The van der Waals surface area contributed by atoms with Crippen LogP contribution in [0.1, 0.15) is 17.4 Å². The number of aliphatic hydroxyl groups excluding tert-OH is 1. The maximum Gasteiger partial charge on any atom is 0.169 e. The molecular formula is C11H7BrF2O2. The Balaban J connectivity index is 2.40. The molecule has 2 aromatic rings. The van der Waals surface area contributed by atoms with Crippen LogP contribution in [0.25, 0.3) is 0 Å². The average molecular weight is 289 g/mol. The molecule has 1 unspecified atom stereocenters. The summed E-state index contributed by atoms with van der Waals surface area (Å²) in [6.45, 7) is 0. The summed E-state index contributed by atoms with van der Waals surface area (Å²) < 4.78 is 31.7. The smallest absolute Gasteiger partial charge is 0.169 e. The van der Waals surface area contributed by atoms with E-state index in [9.17, 15) is 13.9 Å². The molecule has 0 radical (unpaired) electrons. The first kappa shape index (κ1) is 11.3. The summed E-state index contributed by atoms with van der Waals surface area (Å²) in [6, 6.07) is 5.95. The van der Waals surface area contributed by atoms with Crippen molar-refractivity contribution in [2.75, 3.05) is 0 Å². The summed E-state index contributed by atoms with van der Waals surface area (Å²) in [7, 11) is 0. The lowest BCUT2D eigenvalue weighted by molar-refractivity contribution is 0.182. The van der Waals surface area contributed by atoms with Gasteiger partial charge in [-0.25, -0.2) is 8.78 Å². The lowest BCUT2D eigenvalue weighted by Gasteiger charge is -2.09. The molecule has 2 rings (SSSR count). The van der Waals surface area contributed by atoms with Crippen LogP contribution in [0, 0.1) is 11.6 Å². The number of benzene rings is 1. The van der Waals surface area contributed by atoms with Gasteiger partial charge >= 0.3 is 0 Å². The van der Waals surface area contributed by atoms with Crippen LogP contribution in [0.2, 0.25) is 0 Å². The van der Waals surface area contributed by atoms with E-state index in [0.717, 1.165) is 18.2 Å². The molecule has 0 saturated carbocycles. The van der Waals surface area contributed by atoms with Crippen LogP contribution in [0.15, 0.2) is 39.4 Å². The third-order valence-electron chi connectivity index (χ3n) is 2.12. The molecular weight excluding hydrogens is 282 g/mol. The molecule has 0 spiro atoms. The minimum absolute atomic E-state index is 0.149. The van der Waals surface area contributed by atoms with Crippen molar-refractivity contribution in [2.24, 2.45) is 0 Å². The van der Waals surface area contributed by atoms with Gasteiger partial charge in [-0.1, -0.05) is 0 Å². The monoisotopic (exact) mass is 288 g/mol. The van der Waals surface area contributed by atoms with Gasteiger partial charge < -0.3 is 9.52 Å². The van der Waals surface area contributed by atoms with Crippen LogP contribution >= 0.6 is 15.9 Å². The summed E-state index contributed by atoms with van der Waals surface area (Å²) in [6.07, 6.45) is -1.32. The zero-order valence-corrected chi connectivity index (χ0v) is 9.54. The van der Waals surface area contributed by atoms with E-state index in [-0.39, 0.29) is 11.3 Å². The maximum absolute atomic E-state index is 13.3. The number of hydrogen-bond acceptors (Lipinski definition) is 2. The second-order valence-electron chi connectivity index (χ2n) is 3.21. The van der Waals surface area contributed by atoms with Crippen LogP contribution < -0.4 is 0 Å². The van der Waals surface area contributed by atoms with Crippen molar-refractivity contribution in [3.05, 3.63) is 58.0 Å². The highest BCUT2D eigenvalue weighted by molar-refractivity contribution is 9.10. The van der Waals surface area contributed by atoms with E-state index in [1.165, 1.54) is 6.07 Å². The fourth-order valence-corrected chi connectivity index (χ4v) is 1.67. The Hall–Kier alpha value is -1.20. The zero-order valence-electron chi connectivity index (χ0n) is 7.95. The summed E-state index contributed by atoms with van der Waals surface area (Å²) in [5.41, 5.74) is -0.151. The van der Waals surface area contributed by atoms with Gasteiger partial charge in [0.25, 0.3) is 0 Å². The topological polar surface area (TPSA) is 33.4 Å². The fourth-order valence-electron chi connectivity index (χ4n) is 1.35. The Kier molecular flexibility index (Phi) is 3.07. The quantitative estimate of drug-likeness (QED) is 0.919. The SMILES string of the molecule is OC(c1ccc(Br)o1)c1cc(F)ccc1F. The zero-order chi connectivity index (χ0) is 11.7. The van der Waals surface area contributed by atoms with Crippen molar-refractivity contribution in [3.63, 3.8) is 0 Å². The molecule has 1 atom stereocenters. The van der Waals surface area contributed by atoms with E-state index in [1.807, 2.05) is 0 Å². The Bertz CT molecular complexity index is 510. The predicted molar refractivity (Wildman–Crippen MR) is 56.8 cm³/mol. The molecule has 0 amide bonds. The highest BCUT2D eigenvalue weighted by atomic mass is 79.9. The second-order valence-corrected chi connectivity index (χ2v) is 3.99. The Morgan fingerprint density at radius 2 is 1.94 bits per heavy atom. The van der Waals surface area contributed by atoms with Gasteiger partial charge in [-0.15, -0.1) is 0 Å². The van der Waals surface area contributed by atoms with Crippen LogP contribution in [0.4, 0.5) is 8.78 Å². The molecule has 0 aliphatic rings. The van der Waals surface area contributed by atoms with Crippen molar-refractivity contribution in [3.8, 4) is 0 Å². The van der Waals surface area contributed by atoms with Gasteiger partial charge in [0.2, 0.25) is 0 Å². The number of furan rings is 1. The summed E-state index contributed by atoms with van der Waals surface area (Å²) in [4.78, 5) is 0. The number of hydrogen-bond donors (Lipinski definition) is 1. The maximum atomic E-state index is 13.3. The number of halogens is 3. The number of aliphatic hydroxyl groups is 1. The fraction of sp³-hybridized carbons (Fsp3) is 0.0909. The van der Waals surface area contributed by atoms with Gasteiger partial charge in [0, 0.05) is 5.56 Å². The molecule has 0 saturated heterocycles. The van der Waals surface area contributed by atoms with Gasteiger partial charge in [0.15, 0.2) is 4.67 Å². The minimum atomic E-state index is -1.32. The molecule has 0 aliphatic carbocycles. The molecule has 1 heterocycles. The van der Waals surface area contributed by atoms with Crippen LogP contribution in [-0.4, -0.2) is 5.11 Å². The van der Waals surface area contributed by atoms with E-state index in [0.29, 0.717) is 4.67 Å². The van der Waals surface area contributed by atoms with Gasteiger partial charge in [0.1, 0.15) is 23.5 Å². The van der Waals surface area contributed by atoms with Gasteiger partial charge in [-0.3, -0.25) is 0 Å². The molecule has 5 heteroatoms. The molecule has 0 bridgehead atoms. The van der Waals surface area contributed by atoms with E-state index < -0.39 is 17.7 Å². The van der Waals surface area contributed by atoms with Gasteiger partial charge in [-0.2, -0.15) is 0 Å². The summed E-state index contributed by atoms with van der Waals surface area (Å²) >= 11 is 3.06. The highest BCUT2D eigenvalue weighted by Crippen LogP contribution is 2.27. The van der Waals surface area contributed by atoms with E-state index in [1.54, 1.807) is 6.07 Å². The minimum Gasteiger partial charge on any atom is -0.451 e. The second kappa shape index (κ2) is 4.35. The van der Waals surface area contributed by atoms with E-state index >= 15 is 0 Å². The van der Waals surface area contributed by atoms with Crippen LogP contribution in [-0.2, 0) is 0 Å². The van der Waals surface area contributed by atoms with Gasteiger partial charge in [-0.05, 0) is 46.3 Å². The Morgan fingerprint density at radius 3 is 2.56 bits per heavy atom. The third kappa shape index (κ3) is 2.15. The molecule has 1 N–H and O–H groups in total. The van der Waals surface area contributed by atoms with Gasteiger partial charge in [0.05, 0.1) is 0 Å². The lowest BCUT2D eigenvalue weighted by atomic mass is 10.1. The third-order valence-corrected chi connectivity index (χ3v) is 2.54. The summed E-state index contributed by atoms with van der Waals surface area (Å²) in [5, 5.41) is 9.79. The predicted octanol–water partition coefficient (Wildman–Crippen LogP) is 3.40. The summed E-state index contributed by atoms with van der Waals surface area (Å²) in [5.74, 6) is -1.14. The van der Waals surface area contributed by atoms with E-state index in [2.05, 4.69) is 15.9 Å². The number of rotatable bonds is 2. The average Bonchev–Trinajstić information content (AvgIpc) is 2.67. The molecule has 0 aliphatic heterocycles. The normalized spacial score (nSPS) is 12.8. The molecule has 0 fully saturated rings.